The predicted molar refractivity (Wildman–Crippen MR) is 84.8 cm³/mol. The average molecular weight is 292 g/mol. The summed E-state index contributed by atoms with van der Waals surface area (Å²) in [6.45, 7) is 5.50. The first kappa shape index (κ1) is 15.0. The van der Waals surface area contributed by atoms with Crippen LogP contribution in [0.25, 0.3) is 0 Å². The first-order chi connectivity index (χ1) is 9.60. The fourth-order valence-corrected chi connectivity index (χ4v) is 2.98. The molecule has 0 amide bonds. The zero-order valence-electron chi connectivity index (χ0n) is 12.0. The molecule has 2 aromatic rings. The normalized spacial score (nSPS) is 12.4. The SMILES string of the molecule is CCN(Cc1cccs1)c1ccc(CC(C)N)cc1F. The van der Waals surface area contributed by atoms with Gasteiger partial charge < -0.3 is 10.6 Å². The van der Waals surface area contributed by atoms with Crippen LogP contribution >= 0.6 is 11.3 Å². The van der Waals surface area contributed by atoms with Crippen molar-refractivity contribution in [2.75, 3.05) is 11.4 Å². The molecule has 2 N–H and O–H groups in total. The quantitative estimate of drug-likeness (QED) is 0.877. The molecular weight excluding hydrogens is 271 g/mol. The Morgan fingerprint density at radius 1 is 1.35 bits per heavy atom. The monoisotopic (exact) mass is 292 g/mol. The predicted octanol–water partition coefficient (Wildman–Crippen LogP) is 3.80. The summed E-state index contributed by atoms with van der Waals surface area (Å²) < 4.78 is 14.3. The van der Waals surface area contributed by atoms with Gasteiger partial charge in [0.1, 0.15) is 5.82 Å². The van der Waals surface area contributed by atoms with E-state index in [4.69, 9.17) is 5.73 Å². The van der Waals surface area contributed by atoms with Gasteiger partial charge in [0.05, 0.1) is 12.2 Å². The van der Waals surface area contributed by atoms with Gasteiger partial charge in [-0.25, -0.2) is 4.39 Å². The minimum absolute atomic E-state index is 0.0497. The standard InChI is InChI=1S/C16H21FN2S/c1-3-19(11-14-5-4-8-20-14)16-7-6-13(9-12(2)18)10-15(16)17/h4-8,10,12H,3,9,11,18H2,1-2H3. The number of benzene rings is 1. The number of nitrogens with two attached hydrogens (primary N) is 1. The van der Waals surface area contributed by atoms with Crippen LogP contribution in [0.15, 0.2) is 35.7 Å². The van der Waals surface area contributed by atoms with E-state index in [1.165, 1.54) is 4.88 Å². The second kappa shape index (κ2) is 6.86. The lowest BCUT2D eigenvalue weighted by Gasteiger charge is -2.23. The number of hydrogen-bond acceptors (Lipinski definition) is 3. The highest BCUT2D eigenvalue weighted by Crippen LogP contribution is 2.24. The summed E-state index contributed by atoms with van der Waals surface area (Å²) in [6, 6.07) is 9.60. The van der Waals surface area contributed by atoms with Gasteiger partial charge in [-0.15, -0.1) is 11.3 Å². The molecule has 0 aliphatic heterocycles. The van der Waals surface area contributed by atoms with Gasteiger partial charge in [-0.1, -0.05) is 12.1 Å². The molecule has 2 nitrogen and oxygen atoms in total. The number of halogens is 1. The van der Waals surface area contributed by atoms with E-state index in [0.717, 1.165) is 18.7 Å². The maximum Gasteiger partial charge on any atom is 0.146 e. The van der Waals surface area contributed by atoms with Gasteiger partial charge in [0.2, 0.25) is 0 Å². The van der Waals surface area contributed by atoms with Crippen molar-refractivity contribution >= 4 is 17.0 Å². The molecule has 1 unspecified atom stereocenters. The third-order valence-corrected chi connectivity index (χ3v) is 4.08. The molecule has 0 aliphatic carbocycles. The van der Waals surface area contributed by atoms with E-state index in [2.05, 4.69) is 11.0 Å². The summed E-state index contributed by atoms with van der Waals surface area (Å²) in [7, 11) is 0. The molecule has 0 fully saturated rings. The van der Waals surface area contributed by atoms with Crippen LogP contribution in [0.2, 0.25) is 0 Å². The van der Waals surface area contributed by atoms with Crippen LogP contribution in [-0.4, -0.2) is 12.6 Å². The Kier molecular flexibility index (Phi) is 5.15. The molecule has 2 rings (SSSR count). The Hall–Kier alpha value is -1.39. The van der Waals surface area contributed by atoms with E-state index in [1.54, 1.807) is 17.4 Å². The number of nitrogens with zero attached hydrogens (tertiary/aromatic N) is 1. The molecule has 0 saturated heterocycles. The zero-order chi connectivity index (χ0) is 14.5. The van der Waals surface area contributed by atoms with Gasteiger partial charge >= 0.3 is 0 Å². The third kappa shape index (κ3) is 3.81. The molecule has 0 bridgehead atoms. The first-order valence-electron chi connectivity index (χ1n) is 6.91. The number of hydrogen-bond donors (Lipinski definition) is 1. The fourth-order valence-electron chi connectivity index (χ4n) is 2.26. The molecule has 0 spiro atoms. The largest absolute Gasteiger partial charge is 0.364 e. The summed E-state index contributed by atoms with van der Waals surface area (Å²) >= 11 is 1.70. The second-order valence-corrected chi connectivity index (χ2v) is 6.09. The van der Waals surface area contributed by atoms with E-state index in [0.29, 0.717) is 12.1 Å². The maximum atomic E-state index is 14.3. The topological polar surface area (TPSA) is 29.3 Å². The van der Waals surface area contributed by atoms with Gasteiger partial charge in [0.15, 0.2) is 0 Å². The van der Waals surface area contributed by atoms with Gasteiger partial charge in [-0.05, 0) is 49.4 Å². The summed E-state index contributed by atoms with van der Waals surface area (Å²) in [4.78, 5) is 3.29. The van der Waals surface area contributed by atoms with Crippen LogP contribution in [0.3, 0.4) is 0 Å². The van der Waals surface area contributed by atoms with Crippen LogP contribution in [0.1, 0.15) is 24.3 Å². The molecular formula is C16H21FN2S. The molecule has 108 valence electrons. The highest BCUT2D eigenvalue weighted by Gasteiger charge is 2.12. The van der Waals surface area contributed by atoms with Gasteiger partial charge in [0, 0.05) is 17.5 Å². The highest BCUT2D eigenvalue weighted by molar-refractivity contribution is 7.09. The highest BCUT2D eigenvalue weighted by atomic mass is 32.1. The van der Waals surface area contributed by atoms with E-state index in [1.807, 2.05) is 37.4 Å². The van der Waals surface area contributed by atoms with Crippen LogP contribution in [0, 0.1) is 5.82 Å². The first-order valence-corrected chi connectivity index (χ1v) is 7.79. The van der Waals surface area contributed by atoms with Gasteiger partial charge in [-0.2, -0.15) is 0 Å². The lowest BCUT2D eigenvalue weighted by molar-refractivity contribution is 0.613. The minimum atomic E-state index is -0.165. The Morgan fingerprint density at radius 2 is 2.15 bits per heavy atom. The number of anilines is 1. The van der Waals surface area contributed by atoms with E-state index >= 15 is 0 Å². The fraction of sp³-hybridized carbons (Fsp3) is 0.375. The van der Waals surface area contributed by atoms with Crippen LogP contribution in [0.5, 0.6) is 0 Å². The van der Waals surface area contributed by atoms with Crippen LogP contribution in [0.4, 0.5) is 10.1 Å². The average Bonchev–Trinajstić information content (AvgIpc) is 2.89. The van der Waals surface area contributed by atoms with Crippen molar-refractivity contribution in [3.63, 3.8) is 0 Å². The van der Waals surface area contributed by atoms with Crippen molar-refractivity contribution < 1.29 is 4.39 Å². The number of rotatable bonds is 6. The van der Waals surface area contributed by atoms with Crippen molar-refractivity contribution in [2.45, 2.75) is 32.9 Å². The zero-order valence-corrected chi connectivity index (χ0v) is 12.8. The van der Waals surface area contributed by atoms with Crippen molar-refractivity contribution in [1.82, 2.24) is 0 Å². The smallest absolute Gasteiger partial charge is 0.146 e. The van der Waals surface area contributed by atoms with Crippen molar-refractivity contribution in [2.24, 2.45) is 5.73 Å². The molecule has 0 aliphatic rings. The summed E-state index contributed by atoms with van der Waals surface area (Å²) in [5.41, 5.74) is 7.37. The Morgan fingerprint density at radius 3 is 2.70 bits per heavy atom. The van der Waals surface area contributed by atoms with Crippen molar-refractivity contribution in [3.8, 4) is 0 Å². The van der Waals surface area contributed by atoms with Gasteiger partial charge in [0.25, 0.3) is 0 Å². The molecule has 1 aromatic carbocycles. The number of thiophene rings is 1. The molecule has 4 heteroatoms. The minimum Gasteiger partial charge on any atom is -0.364 e. The van der Waals surface area contributed by atoms with Crippen molar-refractivity contribution in [3.05, 3.63) is 52.0 Å². The third-order valence-electron chi connectivity index (χ3n) is 3.22. The van der Waals surface area contributed by atoms with E-state index < -0.39 is 0 Å². The Bertz CT molecular complexity index is 537. The summed E-state index contributed by atoms with van der Waals surface area (Å²) in [5, 5.41) is 2.05. The van der Waals surface area contributed by atoms with Gasteiger partial charge in [-0.3, -0.25) is 0 Å². The molecule has 0 radical (unpaired) electrons. The maximum absolute atomic E-state index is 14.3. The molecule has 1 heterocycles. The van der Waals surface area contributed by atoms with Crippen molar-refractivity contribution in [1.29, 1.82) is 0 Å². The second-order valence-electron chi connectivity index (χ2n) is 5.06. The lowest BCUT2D eigenvalue weighted by atomic mass is 10.1. The molecule has 1 aromatic heterocycles. The van der Waals surface area contributed by atoms with E-state index in [-0.39, 0.29) is 11.9 Å². The Balaban J connectivity index is 2.17. The Labute approximate surface area is 124 Å². The van der Waals surface area contributed by atoms with Crippen LogP contribution < -0.4 is 10.6 Å². The summed E-state index contributed by atoms with van der Waals surface area (Å²) in [5.74, 6) is -0.165. The molecule has 20 heavy (non-hydrogen) atoms. The molecule has 0 saturated carbocycles. The van der Waals surface area contributed by atoms with E-state index in [9.17, 15) is 4.39 Å². The van der Waals surface area contributed by atoms with Crippen LogP contribution in [-0.2, 0) is 13.0 Å². The lowest BCUT2D eigenvalue weighted by Crippen LogP contribution is -2.23. The molecule has 1 atom stereocenters. The summed E-state index contributed by atoms with van der Waals surface area (Å²) in [6.07, 6.45) is 0.703.